The Morgan fingerprint density at radius 3 is 2.28 bits per heavy atom. The average molecular weight is 404 g/mol. The fourth-order valence-corrected chi connectivity index (χ4v) is 3.71. The Kier molecular flexibility index (Phi) is 4.95. The summed E-state index contributed by atoms with van der Waals surface area (Å²) in [5.41, 5.74) is 2.78. The quantitative estimate of drug-likeness (QED) is 0.368. The maximum absolute atomic E-state index is 13.0. The van der Waals surface area contributed by atoms with Crippen LogP contribution in [0, 0.1) is 6.92 Å². The SMILES string of the molecule is Cc1cccc(N2C(=O)C(=O)C(=C(O)c3ccccc3)[C@@H]2c2ccc(Cl)cc2)c1. The molecule has 4 nitrogen and oxygen atoms in total. The maximum Gasteiger partial charge on any atom is 0.300 e. The van der Waals surface area contributed by atoms with E-state index in [4.69, 9.17) is 11.6 Å². The summed E-state index contributed by atoms with van der Waals surface area (Å²) in [5, 5.41) is 11.5. The van der Waals surface area contributed by atoms with Crippen molar-refractivity contribution in [2.45, 2.75) is 13.0 Å². The molecule has 0 bridgehead atoms. The number of rotatable bonds is 3. The van der Waals surface area contributed by atoms with Gasteiger partial charge in [0, 0.05) is 16.3 Å². The van der Waals surface area contributed by atoms with Gasteiger partial charge in [-0.3, -0.25) is 14.5 Å². The van der Waals surface area contributed by atoms with Crippen LogP contribution in [0.2, 0.25) is 5.02 Å². The molecule has 1 saturated heterocycles. The number of halogens is 1. The molecule has 1 fully saturated rings. The molecule has 1 aliphatic heterocycles. The van der Waals surface area contributed by atoms with Crippen LogP contribution in [0.15, 0.2) is 84.4 Å². The molecule has 0 aromatic heterocycles. The summed E-state index contributed by atoms with van der Waals surface area (Å²) in [5.74, 6) is -1.58. The Balaban J connectivity index is 1.96. The van der Waals surface area contributed by atoms with Crippen molar-refractivity contribution in [2.75, 3.05) is 4.90 Å². The number of hydrogen-bond acceptors (Lipinski definition) is 3. The number of carbonyl (C=O) groups is 2. The van der Waals surface area contributed by atoms with Gasteiger partial charge in [-0.15, -0.1) is 0 Å². The summed E-state index contributed by atoms with van der Waals surface area (Å²) in [6.45, 7) is 1.92. The smallest absolute Gasteiger partial charge is 0.300 e. The third-order valence-electron chi connectivity index (χ3n) is 4.96. The van der Waals surface area contributed by atoms with Gasteiger partial charge in [-0.2, -0.15) is 0 Å². The largest absolute Gasteiger partial charge is 0.507 e. The summed E-state index contributed by atoms with van der Waals surface area (Å²) in [6.07, 6.45) is 0. The van der Waals surface area contributed by atoms with Gasteiger partial charge >= 0.3 is 0 Å². The number of amides is 1. The first-order chi connectivity index (χ1) is 14.0. The van der Waals surface area contributed by atoms with E-state index in [0.29, 0.717) is 21.8 Å². The highest BCUT2D eigenvalue weighted by molar-refractivity contribution is 6.51. The Labute approximate surface area is 173 Å². The Hall–Kier alpha value is -3.37. The van der Waals surface area contributed by atoms with E-state index in [1.807, 2.05) is 31.2 Å². The summed E-state index contributed by atoms with van der Waals surface area (Å²) >= 11 is 6.04. The molecule has 0 saturated carbocycles. The normalized spacial score (nSPS) is 18.3. The predicted octanol–water partition coefficient (Wildman–Crippen LogP) is 5.27. The van der Waals surface area contributed by atoms with Crippen LogP contribution in [0.5, 0.6) is 0 Å². The van der Waals surface area contributed by atoms with Crippen molar-refractivity contribution in [3.8, 4) is 0 Å². The summed E-state index contributed by atoms with van der Waals surface area (Å²) < 4.78 is 0. The molecule has 3 aromatic carbocycles. The second kappa shape index (κ2) is 7.57. The first kappa shape index (κ1) is 19.0. The van der Waals surface area contributed by atoms with Crippen molar-refractivity contribution >= 4 is 34.7 Å². The first-order valence-corrected chi connectivity index (χ1v) is 9.53. The van der Waals surface area contributed by atoms with Gasteiger partial charge in [0.25, 0.3) is 11.7 Å². The molecule has 0 spiro atoms. The van der Waals surface area contributed by atoms with Crippen LogP contribution in [0.3, 0.4) is 0 Å². The number of benzene rings is 3. The van der Waals surface area contributed by atoms with Gasteiger partial charge in [-0.1, -0.05) is 66.2 Å². The summed E-state index contributed by atoms with van der Waals surface area (Å²) in [7, 11) is 0. The number of carbonyl (C=O) groups excluding carboxylic acids is 2. The van der Waals surface area contributed by atoms with Crippen LogP contribution < -0.4 is 4.90 Å². The van der Waals surface area contributed by atoms with E-state index in [0.717, 1.165) is 5.56 Å². The third kappa shape index (κ3) is 3.43. The van der Waals surface area contributed by atoms with E-state index >= 15 is 0 Å². The molecule has 3 aromatic rings. The number of aryl methyl sites for hydroxylation is 1. The predicted molar refractivity (Wildman–Crippen MR) is 114 cm³/mol. The van der Waals surface area contributed by atoms with Gasteiger partial charge < -0.3 is 5.11 Å². The lowest BCUT2D eigenvalue weighted by molar-refractivity contribution is -0.132. The van der Waals surface area contributed by atoms with Crippen LogP contribution in [-0.2, 0) is 9.59 Å². The minimum Gasteiger partial charge on any atom is -0.507 e. The standard InChI is InChI=1S/C24H18ClNO3/c1-15-6-5-9-19(14-15)26-21(16-10-12-18(25)13-11-16)20(23(28)24(26)29)22(27)17-7-3-2-4-8-17/h2-14,21,27H,1H3/t21-/m0/s1. The van der Waals surface area contributed by atoms with Gasteiger partial charge in [0.2, 0.25) is 0 Å². The zero-order valence-corrected chi connectivity index (χ0v) is 16.4. The van der Waals surface area contributed by atoms with Crippen LogP contribution in [0.1, 0.15) is 22.7 Å². The Bertz CT molecular complexity index is 1120. The molecule has 4 rings (SSSR count). The first-order valence-electron chi connectivity index (χ1n) is 9.16. The van der Waals surface area contributed by atoms with Gasteiger partial charge in [-0.25, -0.2) is 0 Å². The number of hydrogen-bond donors (Lipinski definition) is 1. The van der Waals surface area contributed by atoms with E-state index in [1.54, 1.807) is 54.6 Å². The van der Waals surface area contributed by atoms with Crippen molar-refractivity contribution in [1.29, 1.82) is 0 Å². The average Bonchev–Trinajstić information content (AvgIpc) is 2.99. The molecule has 0 unspecified atom stereocenters. The molecule has 0 aliphatic carbocycles. The Morgan fingerprint density at radius 1 is 0.931 bits per heavy atom. The molecule has 1 atom stereocenters. The van der Waals surface area contributed by atoms with E-state index in [2.05, 4.69) is 0 Å². The summed E-state index contributed by atoms with van der Waals surface area (Å²) in [6, 6.07) is 22.3. The van der Waals surface area contributed by atoms with Crippen molar-refractivity contribution < 1.29 is 14.7 Å². The summed E-state index contributed by atoms with van der Waals surface area (Å²) in [4.78, 5) is 27.5. The highest BCUT2D eigenvalue weighted by Gasteiger charge is 2.46. The zero-order chi connectivity index (χ0) is 20.5. The van der Waals surface area contributed by atoms with Crippen molar-refractivity contribution in [3.05, 3.63) is 106 Å². The molecule has 1 N–H and O–H groups in total. The van der Waals surface area contributed by atoms with E-state index in [-0.39, 0.29) is 11.3 Å². The number of anilines is 1. The fraction of sp³-hybridized carbons (Fsp3) is 0.0833. The fourth-order valence-electron chi connectivity index (χ4n) is 3.59. The van der Waals surface area contributed by atoms with Gasteiger partial charge in [0.15, 0.2) is 0 Å². The van der Waals surface area contributed by atoms with E-state index in [9.17, 15) is 14.7 Å². The molecular weight excluding hydrogens is 386 g/mol. The van der Waals surface area contributed by atoms with Gasteiger partial charge in [0.1, 0.15) is 5.76 Å². The molecule has 1 aliphatic rings. The molecule has 0 radical (unpaired) electrons. The Morgan fingerprint density at radius 2 is 1.62 bits per heavy atom. The van der Waals surface area contributed by atoms with Crippen molar-refractivity contribution in [2.24, 2.45) is 0 Å². The number of nitrogens with zero attached hydrogens (tertiary/aromatic N) is 1. The lowest BCUT2D eigenvalue weighted by Crippen LogP contribution is -2.29. The van der Waals surface area contributed by atoms with Gasteiger partial charge in [0.05, 0.1) is 11.6 Å². The molecule has 29 heavy (non-hydrogen) atoms. The number of aliphatic hydroxyl groups is 1. The lowest BCUT2D eigenvalue weighted by Gasteiger charge is -2.25. The second-order valence-electron chi connectivity index (χ2n) is 6.93. The van der Waals surface area contributed by atoms with Crippen molar-refractivity contribution in [1.82, 2.24) is 0 Å². The van der Waals surface area contributed by atoms with Crippen LogP contribution >= 0.6 is 11.6 Å². The molecule has 144 valence electrons. The minimum atomic E-state index is -0.755. The van der Waals surface area contributed by atoms with Gasteiger partial charge in [-0.05, 0) is 42.3 Å². The zero-order valence-electron chi connectivity index (χ0n) is 15.7. The van der Waals surface area contributed by atoms with E-state index < -0.39 is 17.7 Å². The molecule has 1 amide bonds. The van der Waals surface area contributed by atoms with Crippen molar-refractivity contribution in [3.63, 3.8) is 0 Å². The highest BCUT2D eigenvalue weighted by atomic mass is 35.5. The lowest BCUT2D eigenvalue weighted by atomic mass is 9.95. The van der Waals surface area contributed by atoms with Crippen LogP contribution in [0.4, 0.5) is 5.69 Å². The number of ketones is 1. The number of aliphatic hydroxyl groups excluding tert-OH is 1. The van der Waals surface area contributed by atoms with Crippen LogP contribution in [-0.4, -0.2) is 16.8 Å². The monoisotopic (exact) mass is 403 g/mol. The van der Waals surface area contributed by atoms with Crippen LogP contribution in [0.25, 0.3) is 5.76 Å². The van der Waals surface area contributed by atoms with E-state index in [1.165, 1.54) is 4.90 Å². The number of Topliss-reactive ketones (excluding diaryl/α,β-unsaturated/α-hetero) is 1. The topological polar surface area (TPSA) is 57.6 Å². The minimum absolute atomic E-state index is 0.0602. The molecule has 1 heterocycles. The highest BCUT2D eigenvalue weighted by Crippen LogP contribution is 2.42. The second-order valence-corrected chi connectivity index (χ2v) is 7.36. The molecular formula is C24H18ClNO3. The molecule has 5 heteroatoms. The third-order valence-corrected chi connectivity index (χ3v) is 5.21. The maximum atomic E-state index is 13.0.